The summed E-state index contributed by atoms with van der Waals surface area (Å²) in [5, 5.41) is 4.01. The van der Waals surface area contributed by atoms with Crippen molar-refractivity contribution in [3.05, 3.63) is 53.1 Å². The van der Waals surface area contributed by atoms with Gasteiger partial charge in [-0.25, -0.2) is 4.39 Å². The highest BCUT2D eigenvalue weighted by atomic mass is 19.1. The molecule has 0 spiro atoms. The van der Waals surface area contributed by atoms with Gasteiger partial charge >= 0.3 is 0 Å². The molecule has 0 aliphatic carbocycles. The summed E-state index contributed by atoms with van der Waals surface area (Å²) >= 11 is 0. The van der Waals surface area contributed by atoms with Crippen LogP contribution < -0.4 is 0 Å². The zero-order chi connectivity index (χ0) is 21.7. The van der Waals surface area contributed by atoms with E-state index in [2.05, 4.69) is 5.10 Å². The Morgan fingerprint density at radius 1 is 0.862 bits per heavy atom. The molecular weight excluding hydrogens is 383 g/mol. The number of hydrogen-bond acceptors (Lipinski definition) is 7. The zero-order valence-corrected chi connectivity index (χ0v) is 15.7. The first-order chi connectivity index (χ1) is 13.6. The number of carbonyl (C=O) groups is 6. The number of benzene rings is 1. The lowest BCUT2D eigenvalue weighted by molar-refractivity contribution is -0.134. The van der Waals surface area contributed by atoms with Gasteiger partial charge in [0.1, 0.15) is 17.2 Å². The fourth-order valence-electron chi connectivity index (χ4n) is 2.38. The number of hydrogen-bond donors (Lipinski definition) is 0. The topological polar surface area (TPSA) is 120 Å². The van der Waals surface area contributed by atoms with E-state index in [4.69, 9.17) is 0 Å². The number of Topliss-reactive ketones (excluding diaryl/α,β-unsaturated/α-hetero) is 6. The number of halogens is 1. The SMILES string of the molecule is CC(=O)C(=O)CC(=O)c1cc(C(=O)CC(=O)C(C)=O)n(Cc2ccc(F)cc2)n1. The molecule has 2 rings (SSSR count). The first-order valence-electron chi connectivity index (χ1n) is 8.54. The molecule has 0 bridgehead atoms. The number of carbonyl (C=O) groups excluding carboxylic acids is 6. The monoisotopic (exact) mass is 400 g/mol. The second-order valence-corrected chi connectivity index (χ2v) is 6.36. The molecule has 8 nitrogen and oxygen atoms in total. The van der Waals surface area contributed by atoms with Crippen molar-refractivity contribution < 1.29 is 33.2 Å². The van der Waals surface area contributed by atoms with E-state index in [1.165, 1.54) is 24.3 Å². The quantitative estimate of drug-likeness (QED) is 0.337. The second kappa shape index (κ2) is 9.05. The van der Waals surface area contributed by atoms with Gasteiger partial charge < -0.3 is 0 Å². The Morgan fingerprint density at radius 2 is 1.38 bits per heavy atom. The molecule has 0 amide bonds. The number of aromatic nitrogens is 2. The summed E-state index contributed by atoms with van der Waals surface area (Å²) in [4.78, 5) is 70.0. The first kappa shape index (κ1) is 21.7. The summed E-state index contributed by atoms with van der Waals surface area (Å²) < 4.78 is 14.2. The van der Waals surface area contributed by atoms with E-state index in [0.29, 0.717) is 5.56 Å². The maximum Gasteiger partial charge on any atom is 0.205 e. The van der Waals surface area contributed by atoms with Crippen LogP contribution in [-0.2, 0) is 25.7 Å². The molecular formula is C20H17FN2O6. The normalized spacial score (nSPS) is 10.4. The minimum Gasteiger partial charge on any atom is -0.292 e. The van der Waals surface area contributed by atoms with E-state index < -0.39 is 53.4 Å². The van der Waals surface area contributed by atoms with Crippen LogP contribution in [-0.4, -0.2) is 44.5 Å². The third-order valence-electron chi connectivity index (χ3n) is 4.02. The highest BCUT2D eigenvalue weighted by Crippen LogP contribution is 2.14. The molecule has 0 radical (unpaired) electrons. The maximum atomic E-state index is 13.1. The molecule has 0 saturated carbocycles. The molecule has 0 aliphatic rings. The zero-order valence-electron chi connectivity index (χ0n) is 15.7. The summed E-state index contributed by atoms with van der Waals surface area (Å²) in [5.74, 6) is -5.34. The molecule has 0 unspecified atom stereocenters. The Balaban J connectivity index is 2.37. The van der Waals surface area contributed by atoms with Crippen LogP contribution in [0.25, 0.3) is 0 Å². The molecule has 0 saturated heterocycles. The van der Waals surface area contributed by atoms with Crippen molar-refractivity contribution >= 4 is 34.7 Å². The van der Waals surface area contributed by atoms with Gasteiger partial charge in [-0.1, -0.05) is 12.1 Å². The van der Waals surface area contributed by atoms with Gasteiger partial charge in [0.2, 0.25) is 11.6 Å². The van der Waals surface area contributed by atoms with E-state index in [1.807, 2.05) is 0 Å². The van der Waals surface area contributed by atoms with Crippen molar-refractivity contribution in [2.45, 2.75) is 33.2 Å². The Hall–Kier alpha value is -3.62. The standard InChI is InChI=1S/C20H17FN2O6/c1-11(24)17(26)8-19(28)15-7-16(20(29)9-18(27)12(2)25)23(22-15)10-13-3-5-14(21)6-4-13/h3-7H,8-10H2,1-2H3. The second-order valence-electron chi connectivity index (χ2n) is 6.36. The van der Waals surface area contributed by atoms with E-state index in [-0.39, 0.29) is 17.9 Å². The molecule has 0 fully saturated rings. The molecule has 1 heterocycles. The predicted molar refractivity (Wildman–Crippen MR) is 97.0 cm³/mol. The summed E-state index contributed by atoms with van der Waals surface area (Å²) in [5.41, 5.74) is 0.197. The van der Waals surface area contributed by atoms with Crippen LogP contribution in [0.1, 0.15) is 53.2 Å². The predicted octanol–water partition coefficient (Wildman–Crippen LogP) is 1.53. The van der Waals surface area contributed by atoms with Crippen LogP contribution in [0, 0.1) is 5.82 Å². The summed E-state index contributed by atoms with van der Waals surface area (Å²) in [6.07, 6.45) is -1.41. The molecule has 0 aliphatic heterocycles. The van der Waals surface area contributed by atoms with Crippen LogP contribution in [0.15, 0.2) is 30.3 Å². The number of ketones is 6. The van der Waals surface area contributed by atoms with E-state index in [1.54, 1.807) is 0 Å². The third kappa shape index (κ3) is 5.68. The summed E-state index contributed by atoms with van der Waals surface area (Å²) in [7, 11) is 0. The van der Waals surface area contributed by atoms with Crippen molar-refractivity contribution in [1.82, 2.24) is 9.78 Å². The minimum atomic E-state index is -0.900. The van der Waals surface area contributed by atoms with Gasteiger partial charge in [0.15, 0.2) is 23.1 Å². The minimum absolute atomic E-state index is 0.0243. The van der Waals surface area contributed by atoms with E-state index in [0.717, 1.165) is 24.6 Å². The van der Waals surface area contributed by atoms with Gasteiger partial charge in [-0.2, -0.15) is 5.10 Å². The van der Waals surface area contributed by atoms with Crippen LogP contribution in [0.4, 0.5) is 4.39 Å². The molecule has 1 aromatic carbocycles. The number of nitrogens with zero attached hydrogens (tertiary/aromatic N) is 2. The van der Waals surface area contributed by atoms with Gasteiger partial charge in [-0.3, -0.25) is 33.4 Å². The van der Waals surface area contributed by atoms with Crippen molar-refractivity contribution in [3.63, 3.8) is 0 Å². The molecule has 150 valence electrons. The van der Waals surface area contributed by atoms with Gasteiger partial charge in [0.05, 0.1) is 19.4 Å². The molecule has 29 heavy (non-hydrogen) atoms. The molecule has 1 aromatic heterocycles. The Labute approximate surface area is 164 Å². The lowest BCUT2D eigenvalue weighted by atomic mass is 10.1. The molecule has 0 atom stereocenters. The molecule has 2 aromatic rings. The lowest BCUT2D eigenvalue weighted by Crippen LogP contribution is -2.18. The van der Waals surface area contributed by atoms with Crippen molar-refractivity contribution in [2.24, 2.45) is 0 Å². The van der Waals surface area contributed by atoms with Gasteiger partial charge in [0.25, 0.3) is 0 Å². The maximum absolute atomic E-state index is 13.1. The van der Waals surface area contributed by atoms with Crippen molar-refractivity contribution in [1.29, 1.82) is 0 Å². The van der Waals surface area contributed by atoms with Crippen LogP contribution in [0.5, 0.6) is 0 Å². The van der Waals surface area contributed by atoms with Crippen molar-refractivity contribution in [3.8, 4) is 0 Å². The first-order valence-corrected chi connectivity index (χ1v) is 8.54. The van der Waals surface area contributed by atoms with E-state index in [9.17, 15) is 33.2 Å². The smallest absolute Gasteiger partial charge is 0.205 e. The lowest BCUT2D eigenvalue weighted by Gasteiger charge is -2.06. The highest BCUT2D eigenvalue weighted by Gasteiger charge is 2.24. The highest BCUT2D eigenvalue weighted by molar-refractivity contribution is 6.41. The van der Waals surface area contributed by atoms with E-state index >= 15 is 0 Å². The Kier molecular flexibility index (Phi) is 6.76. The average Bonchev–Trinajstić information content (AvgIpc) is 3.07. The average molecular weight is 400 g/mol. The fourth-order valence-corrected chi connectivity index (χ4v) is 2.38. The molecule has 9 heteroatoms. The van der Waals surface area contributed by atoms with Crippen molar-refractivity contribution in [2.75, 3.05) is 0 Å². The summed E-state index contributed by atoms with van der Waals surface area (Å²) in [6, 6.07) is 6.42. The largest absolute Gasteiger partial charge is 0.292 e. The summed E-state index contributed by atoms with van der Waals surface area (Å²) in [6.45, 7) is 2.04. The van der Waals surface area contributed by atoms with Crippen LogP contribution in [0.2, 0.25) is 0 Å². The number of rotatable bonds is 10. The fraction of sp³-hybridized carbons (Fsp3) is 0.250. The van der Waals surface area contributed by atoms with Gasteiger partial charge in [0, 0.05) is 13.8 Å². The van der Waals surface area contributed by atoms with Crippen LogP contribution >= 0.6 is 0 Å². The third-order valence-corrected chi connectivity index (χ3v) is 4.02. The Bertz CT molecular complexity index is 1020. The van der Waals surface area contributed by atoms with Crippen LogP contribution in [0.3, 0.4) is 0 Å². The van der Waals surface area contributed by atoms with Gasteiger partial charge in [-0.15, -0.1) is 0 Å². The van der Waals surface area contributed by atoms with Gasteiger partial charge in [-0.05, 0) is 23.8 Å². The Morgan fingerprint density at radius 3 is 1.90 bits per heavy atom. The molecule has 0 N–H and O–H groups in total.